The lowest BCUT2D eigenvalue weighted by molar-refractivity contribution is -0.141. The predicted octanol–water partition coefficient (Wildman–Crippen LogP) is 1.43. The van der Waals surface area contributed by atoms with Crippen molar-refractivity contribution in [2.24, 2.45) is 5.92 Å². The highest BCUT2D eigenvalue weighted by Crippen LogP contribution is 2.16. The van der Waals surface area contributed by atoms with Gasteiger partial charge >= 0.3 is 5.97 Å². The fraction of sp³-hybridized carbons (Fsp3) is 0.857. The van der Waals surface area contributed by atoms with Gasteiger partial charge in [-0.2, -0.15) is 0 Å². The SMILES string of the molecule is CCC(C)N(CC(=O)O)CC(=O)N1CCC(C)CC1. The number of nitrogens with zero attached hydrogens (tertiary/aromatic N) is 2. The van der Waals surface area contributed by atoms with Gasteiger partial charge in [0.15, 0.2) is 0 Å². The van der Waals surface area contributed by atoms with Crippen LogP contribution < -0.4 is 0 Å². The maximum atomic E-state index is 12.2. The molecule has 0 aromatic rings. The fourth-order valence-corrected chi connectivity index (χ4v) is 2.33. The minimum atomic E-state index is -0.875. The first kappa shape index (κ1) is 16.0. The Morgan fingerprint density at radius 2 is 1.89 bits per heavy atom. The van der Waals surface area contributed by atoms with E-state index in [0.29, 0.717) is 5.92 Å². The minimum absolute atomic E-state index is 0.0634. The third-order valence-corrected chi connectivity index (χ3v) is 4.03. The van der Waals surface area contributed by atoms with Crippen molar-refractivity contribution in [2.45, 2.75) is 46.1 Å². The predicted molar refractivity (Wildman–Crippen MR) is 73.9 cm³/mol. The number of carbonyl (C=O) groups excluding carboxylic acids is 1. The van der Waals surface area contributed by atoms with E-state index in [4.69, 9.17) is 5.11 Å². The standard InChI is InChI=1S/C14H26N2O3/c1-4-12(3)16(10-14(18)19)9-13(17)15-7-5-11(2)6-8-15/h11-12H,4-10H2,1-3H3,(H,18,19). The Bertz CT molecular complexity index is 312. The Morgan fingerprint density at radius 3 is 2.37 bits per heavy atom. The highest BCUT2D eigenvalue weighted by atomic mass is 16.4. The van der Waals surface area contributed by atoms with Crippen molar-refractivity contribution in [3.05, 3.63) is 0 Å². The Labute approximate surface area is 115 Å². The Morgan fingerprint density at radius 1 is 1.32 bits per heavy atom. The van der Waals surface area contributed by atoms with Crippen molar-refractivity contribution in [3.63, 3.8) is 0 Å². The van der Waals surface area contributed by atoms with Crippen LogP contribution in [0.3, 0.4) is 0 Å². The van der Waals surface area contributed by atoms with Crippen molar-refractivity contribution < 1.29 is 14.7 Å². The molecular weight excluding hydrogens is 244 g/mol. The number of amides is 1. The fourth-order valence-electron chi connectivity index (χ4n) is 2.33. The average molecular weight is 270 g/mol. The van der Waals surface area contributed by atoms with E-state index in [0.717, 1.165) is 32.4 Å². The summed E-state index contributed by atoms with van der Waals surface area (Å²) in [6.07, 6.45) is 2.94. The lowest BCUT2D eigenvalue weighted by Gasteiger charge is -2.33. The van der Waals surface area contributed by atoms with Crippen LogP contribution in [0.2, 0.25) is 0 Å². The van der Waals surface area contributed by atoms with Gasteiger partial charge in [0.25, 0.3) is 0 Å². The molecule has 0 aliphatic carbocycles. The van der Waals surface area contributed by atoms with Crippen molar-refractivity contribution in [3.8, 4) is 0 Å². The second kappa shape index (κ2) is 7.48. The van der Waals surface area contributed by atoms with E-state index < -0.39 is 5.97 Å². The maximum Gasteiger partial charge on any atom is 0.317 e. The van der Waals surface area contributed by atoms with Gasteiger partial charge < -0.3 is 10.0 Å². The van der Waals surface area contributed by atoms with Crippen molar-refractivity contribution in [1.29, 1.82) is 0 Å². The largest absolute Gasteiger partial charge is 0.480 e. The number of likely N-dealkylation sites (tertiary alicyclic amines) is 1. The number of rotatable bonds is 6. The molecule has 5 nitrogen and oxygen atoms in total. The highest BCUT2D eigenvalue weighted by Gasteiger charge is 2.24. The summed E-state index contributed by atoms with van der Waals surface area (Å²) in [5.74, 6) is -0.123. The molecule has 1 rings (SSSR count). The van der Waals surface area contributed by atoms with Crippen molar-refractivity contribution in [2.75, 3.05) is 26.2 Å². The second-order valence-electron chi connectivity index (χ2n) is 5.62. The maximum absolute atomic E-state index is 12.2. The Hall–Kier alpha value is -1.10. The zero-order valence-corrected chi connectivity index (χ0v) is 12.3. The molecular formula is C14H26N2O3. The molecule has 1 aliphatic heterocycles. The van der Waals surface area contributed by atoms with E-state index in [-0.39, 0.29) is 25.0 Å². The summed E-state index contributed by atoms with van der Waals surface area (Å²) in [6.45, 7) is 7.95. The molecule has 1 saturated heterocycles. The van der Waals surface area contributed by atoms with Crippen LogP contribution >= 0.6 is 0 Å². The number of carboxylic acids is 1. The molecule has 0 bridgehead atoms. The van der Waals surface area contributed by atoms with Crippen LogP contribution in [-0.2, 0) is 9.59 Å². The molecule has 1 heterocycles. The van der Waals surface area contributed by atoms with E-state index in [1.54, 1.807) is 4.90 Å². The quantitative estimate of drug-likeness (QED) is 0.793. The number of piperidine rings is 1. The van der Waals surface area contributed by atoms with Gasteiger partial charge in [-0.25, -0.2) is 0 Å². The van der Waals surface area contributed by atoms with E-state index in [2.05, 4.69) is 6.92 Å². The third kappa shape index (κ3) is 5.19. The van der Waals surface area contributed by atoms with Crippen LogP contribution in [0.4, 0.5) is 0 Å². The summed E-state index contributed by atoms with van der Waals surface area (Å²) >= 11 is 0. The smallest absolute Gasteiger partial charge is 0.317 e. The minimum Gasteiger partial charge on any atom is -0.480 e. The lowest BCUT2D eigenvalue weighted by Crippen LogP contribution is -2.47. The van der Waals surface area contributed by atoms with Gasteiger partial charge in [0.05, 0.1) is 13.1 Å². The normalized spacial score (nSPS) is 18.6. The van der Waals surface area contributed by atoms with E-state index in [1.807, 2.05) is 18.7 Å². The first-order valence-corrected chi connectivity index (χ1v) is 7.17. The Balaban J connectivity index is 2.52. The first-order valence-electron chi connectivity index (χ1n) is 7.17. The van der Waals surface area contributed by atoms with Crippen LogP contribution in [-0.4, -0.2) is 59.0 Å². The Kier molecular flexibility index (Phi) is 6.28. The molecule has 0 aromatic heterocycles. The molecule has 0 saturated carbocycles. The molecule has 1 N–H and O–H groups in total. The number of hydrogen-bond acceptors (Lipinski definition) is 3. The molecule has 19 heavy (non-hydrogen) atoms. The summed E-state index contributed by atoms with van der Waals surface area (Å²) in [4.78, 5) is 26.7. The molecule has 5 heteroatoms. The molecule has 0 aromatic carbocycles. The van der Waals surface area contributed by atoms with E-state index in [1.165, 1.54) is 0 Å². The van der Waals surface area contributed by atoms with E-state index in [9.17, 15) is 9.59 Å². The van der Waals surface area contributed by atoms with Gasteiger partial charge in [-0.15, -0.1) is 0 Å². The van der Waals surface area contributed by atoms with Gasteiger partial charge in [0.1, 0.15) is 0 Å². The third-order valence-electron chi connectivity index (χ3n) is 4.03. The van der Waals surface area contributed by atoms with Crippen molar-refractivity contribution >= 4 is 11.9 Å². The van der Waals surface area contributed by atoms with Crippen LogP contribution in [0.15, 0.2) is 0 Å². The number of aliphatic carboxylic acids is 1. The lowest BCUT2D eigenvalue weighted by atomic mass is 9.99. The molecule has 110 valence electrons. The first-order chi connectivity index (χ1) is 8.93. The topological polar surface area (TPSA) is 60.9 Å². The molecule has 1 amide bonds. The number of hydrogen-bond donors (Lipinski definition) is 1. The van der Waals surface area contributed by atoms with Gasteiger partial charge in [0.2, 0.25) is 5.91 Å². The van der Waals surface area contributed by atoms with Crippen LogP contribution in [0.1, 0.15) is 40.0 Å². The average Bonchev–Trinajstić information content (AvgIpc) is 2.37. The van der Waals surface area contributed by atoms with Gasteiger partial charge in [-0.1, -0.05) is 13.8 Å². The molecule has 0 spiro atoms. The number of carbonyl (C=O) groups is 2. The number of carboxylic acid groups (broad SMARTS) is 1. The molecule has 1 fully saturated rings. The van der Waals surface area contributed by atoms with Crippen molar-refractivity contribution in [1.82, 2.24) is 9.80 Å². The van der Waals surface area contributed by atoms with Gasteiger partial charge in [0, 0.05) is 19.1 Å². The highest BCUT2D eigenvalue weighted by molar-refractivity contribution is 5.79. The second-order valence-corrected chi connectivity index (χ2v) is 5.62. The van der Waals surface area contributed by atoms with Crippen LogP contribution in [0.5, 0.6) is 0 Å². The molecule has 1 atom stereocenters. The van der Waals surface area contributed by atoms with Crippen LogP contribution in [0.25, 0.3) is 0 Å². The molecule has 1 aliphatic rings. The summed E-state index contributed by atoms with van der Waals surface area (Å²) in [5.41, 5.74) is 0. The summed E-state index contributed by atoms with van der Waals surface area (Å²) in [6, 6.07) is 0.115. The van der Waals surface area contributed by atoms with Crippen LogP contribution in [0, 0.1) is 5.92 Å². The zero-order chi connectivity index (χ0) is 14.4. The monoisotopic (exact) mass is 270 g/mol. The van der Waals surface area contributed by atoms with Gasteiger partial charge in [-0.05, 0) is 32.1 Å². The van der Waals surface area contributed by atoms with Gasteiger partial charge in [-0.3, -0.25) is 14.5 Å². The van der Waals surface area contributed by atoms with E-state index >= 15 is 0 Å². The zero-order valence-electron chi connectivity index (χ0n) is 12.3. The summed E-state index contributed by atoms with van der Waals surface area (Å²) in [5, 5.41) is 8.92. The summed E-state index contributed by atoms with van der Waals surface area (Å²) < 4.78 is 0. The summed E-state index contributed by atoms with van der Waals surface area (Å²) in [7, 11) is 0. The molecule has 0 radical (unpaired) electrons. The molecule has 1 unspecified atom stereocenters.